The van der Waals surface area contributed by atoms with Gasteiger partial charge < -0.3 is 9.64 Å². The van der Waals surface area contributed by atoms with Gasteiger partial charge in [0.25, 0.3) is 0 Å². The van der Waals surface area contributed by atoms with Crippen LogP contribution in [0.1, 0.15) is 16.9 Å². The molecule has 23 heavy (non-hydrogen) atoms. The van der Waals surface area contributed by atoms with Crippen LogP contribution in [0.5, 0.6) is 0 Å². The van der Waals surface area contributed by atoms with Gasteiger partial charge in [-0.2, -0.15) is 0 Å². The van der Waals surface area contributed by atoms with Crippen LogP contribution < -0.4 is 0 Å². The molecule has 0 radical (unpaired) electrons. The first-order valence-corrected chi connectivity index (χ1v) is 8.19. The van der Waals surface area contributed by atoms with Gasteiger partial charge in [0.2, 0.25) is 5.91 Å². The number of hydrogen-bond acceptors (Lipinski definition) is 5. The topological polar surface area (TPSA) is 95.4 Å². The van der Waals surface area contributed by atoms with Crippen LogP contribution in [-0.2, 0) is 20.7 Å². The maximum absolute atomic E-state index is 12.8. The van der Waals surface area contributed by atoms with Crippen LogP contribution in [-0.4, -0.2) is 42.5 Å². The lowest BCUT2D eigenvalue weighted by Gasteiger charge is -2.27. The predicted molar refractivity (Wildman–Crippen MR) is 85.6 cm³/mol. The second kappa shape index (κ2) is 6.44. The number of carbonyl (C=O) groups is 2. The van der Waals surface area contributed by atoms with E-state index in [9.17, 15) is 9.59 Å². The van der Waals surface area contributed by atoms with Crippen LogP contribution in [0.3, 0.4) is 0 Å². The van der Waals surface area contributed by atoms with Crippen molar-refractivity contribution in [3.8, 4) is 0 Å². The van der Waals surface area contributed by atoms with Gasteiger partial charge in [-0.1, -0.05) is 11.2 Å². The molecule has 120 valence electrons. The molecule has 1 aliphatic heterocycles. The second-order valence-electron chi connectivity index (χ2n) is 5.60. The third kappa shape index (κ3) is 2.95. The third-order valence-electron chi connectivity index (χ3n) is 4.27. The molecule has 1 aromatic rings. The lowest BCUT2D eigenvalue weighted by Crippen LogP contribution is -2.44. The highest BCUT2D eigenvalue weighted by atomic mass is 32.1. The third-order valence-corrected chi connectivity index (χ3v) is 5.19. The molecular weight excluding hydrogens is 316 g/mol. The van der Waals surface area contributed by atoms with Crippen molar-refractivity contribution < 1.29 is 14.3 Å². The Hall–Kier alpha value is -2.31. The van der Waals surface area contributed by atoms with E-state index in [1.54, 1.807) is 11.3 Å². The van der Waals surface area contributed by atoms with E-state index in [0.717, 1.165) is 5.56 Å². The maximum Gasteiger partial charge on any atom is 0.328 e. The van der Waals surface area contributed by atoms with Crippen LogP contribution in [0.25, 0.3) is 16.5 Å². The van der Waals surface area contributed by atoms with Gasteiger partial charge in [-0.15, -0.1) is 11.3 Å². The Morgan fingerprint density at radius 1 is 1.52 bits per heavy atom. The van der Waals surface area contributed by atoms with Gasteiger partial charge in [0.1, 0.15) is 6.04 Å². The Labute approximate surface area is 137 Å². The molecule has 1 amide bonds. The quantitative estimate of drug-likeness (QED) is 0.368. The summed E-state index contributed by atoms with van der Waals surface area (Å²) in [4.78, 5) is 30.3. The van der Waals surface area contributed by atoms with Crippen LogP contribution in [0.2, 0.25) is 0 Å². The summed E-state index contributed by atoms with van der Waals surface area (Å²) in [6.07, 6.45) is 4.78. The van der Waals surface area contributed by atoms with Gasteiger partial charge in [0.05, 0.1) is 19.1 Å². The number of thiophene rings is 1. The number of hydrogen-bond donors (Lipinski definition) is 0. The molecule has 0 spiro atoms. The van der Waals surface area contributed by atoms with Crippen molar-refractivity contribution in [3.63, 3.8) is 0 Å². The van der Waals surface area contributed by atoms with E-state index in [2.05, 4.69) is 10.0 Å². The number of esters is 1. The smallest absolute Gasteiger partial charge is 0.328 e. The molecule has 3 atom stereocenters. The molecular formula is C15H16N4O3S. The molecule has 0 saturated carbocycles. The zero-order valence-electron chi connectivity index (χ0n) is 12.6. The minimum Gasteiger partial charge on any atom is -0.467 e. The zero-order valence-corrected chi connectivity index (χ0v) is 13.4. The molecule has 0 N–H and O–H groups in total. The highest BCUT2D eigenvalue weighted by Gasteiger charge is 2.41. The van der Waals surface area contributed by atoms with E-state index in [4.69, 9.17) is 10.3 Å². The van der Waals surface area contributed by atoms with Crippen LogP contribution in [0.15, 0.2) is 22.6 Å². The average molecular weight is 332 g/mol. The van der Waals surface area contributed by atoms with E-state index in [0.29, 0.717) is 12.8 Å². The fraction of sp³-hybridized carbons (Fsp3) is 0.467. The average Bonchev–Trinajstić information content (AvgIpc) is 3.19. The summed E-state index contributed by atoms with van der Waals surface area (Å²) in [7, 11) is 1.30. The molecule has 1 saturated heterocycles. The largest absolute Gasteiger partial charge is 0.467 e. The first-order valence-electron chi connectivity index (χ1n) is 7.31. The maximum atomic E-state index is 12.8. The number of likely N-dealkylation sites (tertiary alicyclic amines) is 1. The molecule has 2 aliphatic rings. The first kappa shape index (κ1) is 15.6. The molecule has 1 unspecified atom stereocenters. The van der Waals surface area contributed by atoms with Crippen LogP contribution in [0.4, 0.5) is 0 Å². The summed E-state index contributed by atoms with van der Waals surface area (Å²) >= 11 is 1.65. The van der Waals surface area contributed by atoms with E-state index in [1.807, 2.05) is 23.6 Å². The van der Waals surface area contributed by atoms with Crippen LogP contribution in [0, 0.1) is 5.92 Å². The van der Waals surface area contributed by atoms with Crippen LogP contribution >= 0.6 is 11.3 Å². The number of ether oxygens (including phenoxy) is 1. The number of azide groups is 1. The highest BCUT2D eigenvalue weighted by Crippen LogP contribution is 2.31. The molecule has 8 heteroatoms. The van der Waals surface area contributed by atoms with Crippen molar-refractivity contribution in [2.45, 2.75) is 24.9 Å². The molecule has 1 fully saturated rings. The molecule has 3 rings (SSSR count). The van der Waals surface area contributed by atoms with E-state index >= 15 is 0 Å². The van der Waals surface area contributed by atoms with E-state index < -0.39 is 18.1 Å². The highest BCUT2D eigenvalue weighted by molar-refractivity contribution is 7.11. The van der Waals surface area contributed by atoms with Gasteiger partial charge in [0.15, 0.2) is 0 Å². The number of carbonyl (C=O) groups excluding carboxylic acids is 2. The van der Waals surface area contributed by atoms with Gasteiger partial charge in [-0.3, -0.25) is 4.79 Å². The molecule has 0 bridgehead atoms. The number of nitrogens with zero attached hydrogens (tertiary/aromatic N) is 4. The van der Waals surface area contributed by atoms with Gasteiger partial charge >= 0.3 is 5.97 Å². The Kier molecular flexibility index (Phi) is 4.36. The number of amides is 1. The Bertz CT molecular complexity index is 707. The van der Waals surface area contributed by atoms with Gasteiger partial charge in [0, 0.05) is 16.3 Å². The lowest BCUT2D eigenvalue weighted by molar-refractivity contribution is -0.151. The molecule has 2 heterocycles. The standard InChI is InChI=1S/C15H16N4O3S/c1-22-15(21)12-7-11(17-18-16)8-19(12)14(20)10-2-3-13-9(6-10)4-5-23-13/h2-5,10-12H,6-8H2,1H3/t10?,11-,12-/m0/s1. The zero-order chi connectivity index (χ0) is 16.4. The summed E-state index contributed by atoms with van der Waals surface area (Å²) < 4.78 is 4.79. The summed E-state index contributed by atoms with van der Waals surface area (Å²) in [5, 5.41) is 5.67. The number of methoxy groups -OCH3 is 1. The SMILES string of the molecule is COC(=O)[C@@H]1C[C@H](N=[N+]=[N-])CN1C(=O)C1C=Cc2sccc2C1. The molecule has 1 aliphatic carbocycles. The van der Waals surface area contributed by atoms with Gasteiger partial charge in [-0.25, -0.2) is 4.79 Å². The Morgan fingerprint density at radius 3 is 3.09 bits per heavy atom. The van der Waals surface area contributed by atoms with Crippen molar-refractivity contribution in [1.82, 2.24) is 4.90 Å². The normalized spacial score (nSPS) is 25.6. The Morgan fingerprint density at radius 2 is 2.35 bits per heavy atom. The van der Waals surface area contributed by atoms with Crippen molar-refractivity contribution in [2.24, 2.45) is 11.0 Å². The fourth-order valence-electron chi connectivity index (χ4n) is 3.13. The summed E-state index contributed by atoms with van der Waals surface area (Å²) in [6.45, 7) is 0.253. The first-order chi connectivity index (χ1) is 11.1. The minimum absolute atomic E-state index is 0.121. The van der Waals surface area contributed by atoms with E-state index in [1.165, 1.54) is 16.9 Å². The number of fused-ring (bicyclic) bond motifs is 1. The second-order valence-corrected chi connectivity index (χ2v) is 6.55. The molecule has 0 aromatic carbocycles. The molecule has 7 nitrogen and oxygen atoms in total. The summed E-state index contributed by atoms with van der Waals surface area (Å²) in [5.41, 5.74) is 9.75. The minimum atomic E-state index is -0.680. The monoisotopic (exact) mass is 332 g/mol. The van der Waals surface area contributed by atoms with Crippen molar-refractivity contribution in [3.05, 3.63) is 38.4 Å². The van der Waals surface area contributed by atoms with Gasteiger partial charge in [-0.05, 0) is 41.5 Å². The lowest BCUT2D eigenvalue weighted by atomic mass is 9.93. The van der Waals surface area contributed by atoms with Crippen molar-refractivity contribution in [2.75, 3.05) is 13.7 Å². The summed E-state index contributed by atoms with van der Waals surface area (Å²) in [6, 6.07) is 0.950. The van der Waals surface area contributed by atoms with E-state index in [-0.39, 0.29) is 18.4 Å². The fourth-order valence-corrected chi connectivity index (χ4v) is 3.97. The van der Waals surface area contributed by atoms with Crippen molar-refractivity contribution >= 4 is 29.3 Å². The molecule has 1 aromatic heterocycles. The number of rotatable bonds is 3. The Balaban J connectivity index is 1.79. The van der Waals surface area contributed by atoms with Crippen molar-refractivity contribution in [1.29, 1.82) is 0 Å². The predicted octanol–water partition coefficient (Wildman–Crippen LogP) is 2.39. The summed E-state index contributed by atoms with van der Waals surface area (Å²) in [5.74, 6) is -0.886.